The Morgan fingerprint density at radius 3 is 2.40 bits per heavy atom. The largest absolute Gasteiger partial charge is 0.481 e. The number of ether oxygens (including phenoxy) is 1. The van der Waals surface area contributed by atoms with Gasteiger partial charge in [-0.15, -0.1) is 0 Å². The summed E-state index contributed by atoms with van der Waals surface area (Å²) in [7, 11) is 1.44. The number of aliphatic carboxylic acids is 1. The molecule has 0 fully saturated rings. The molecule has 1 unspecified atom stereocenters. The molecule has 0 bridgehead atoms. The van der Waals surface area contributed by atoms with Gasteiger partial charge in [-0.1, -0.05) is 12.1 Å². The molecule has 0 aliphatic carbocycles. The number of hydrogen-bond donors (Lipinski definition) is 1. The van der Waals surface area contributed by atoms with Crippen LogP contribution in [0, 0.1) is 5.82 Å². The average molecular weight is 212 g/mol. The molecule has 1 aromatic carbocycles. The average Bonchev–Trinajstić information content (AvgIpc) is 2.17. The van der Waals surface area contributed by atoms with Gasteiger partial charge in [-0.05, 0) is 24.6 Å². The molecule has 15 heavy (non-hydrogen) atoms. The molecule has 0 saturated heterocycles. The van der Waals surface area contributed by atoms with E-state index in [0.29, 0.717) is 5.56 Å². The van der Waals surface area contributed by atoms with Crippen LogP contribution in [-0.4, -0.2) is 18.2 Å². The first-order valence-corrected chi connectivity index (χ1v) is 4.51. The van der Waals surface area contributed by atoms with Crippen LogP contribution in [0.4, 0.5) is 4.39 Å². The fourth-order valence-electron chi connectivity index (χ4n) is 1.38. The minimum atomic E-state index is -0.955. The molecule has 82 valence electrons. The summed E-state index contributed by atoms with van der Waals surface area (Å²) in [5, 5.41) is 8.74. The van der Waals surface area contributed by atoms with Gasteiger partial charge < -0.3 is 9.84 Å². The second-order valence-electron chi connectivity index (χ2n) is 3.51. The van der Waals surface area contributed by atoms with E-state index in [1.54, 1.807) is 6.92 Å². The van der Waals surface area contributed by atoms with Gasteiger partial charge in [0.2, 0.25) is 0 Å². The highest BCUT2D eigenvalue weighted by atomic mass is 19.1. The Morgan fingerprint density at radius 2 is 2.00 bits per heavy atom. The van der Waals surface area contributed by atoms with Gasteiger partial charge in [0.15, 0.2) is 0 Å². The highest BCUT2D eigenvalue weighted by molar-refractivity contribution is 5.68. The molecule has 0 aliphatic heterocycles. The zero-order valence-corrected chi connectivity index (χ0v) is 8.66. The Bertz CT molecular complexity index is 347. The van der Waals surface area contributed by atoms with Crippen LogP contribution in [0.2, 0.25) is 0 Å². The quantitative estimate of drug-likeness (QED) is 0.831. The Hall–Kier alpha value is -1.42. The van der Waals surface area contributed by atoms with E-state index in [9.17, 15) is 9.18 Å². The predicted octanol–water partition coefficient (Wildman–Crippen LogP) is 2.16. The van der Waals surface area contributed by atoms with Crippen molar-refractivity contribution in [2.75, 3.05) is 7.11 Å². The topological polar surface area (TPSA) is 46.5 Å². The van der Waals surface area contributed by atoms with Crippen LogP contribution in [0.25, 0.3) is 0 Å². The van der Waals surface area contributed by atoms with E-state index in [1.807, 2.05) is 0 Å². The molecule has 3 nitrogen and oxygen atoms in total. The third kappa shape index (κ3) is 2.76. The molecule has 0 heterocycles. The van der Waals surface area contributed by atoms with Crippen molar-refractivity contribution in [3.63, 3.8) is 0 Å². The van der Waals surface area contributed by atoms with E-state index in [-0.39, 0.29) is 12.2 Å². The molecule has 0 radical (unpaired) electrons. The van der Waals surface area contributed by atoms with Crippen molar-refractivity contribution >= 4 is 5.97 Å². The molecule has 4 heteroatoms. The lowest BCUT2D eigenvalue weighted by atomic mass is 9.92. The highest BCUT2D eigenvalue weighted by Gasteiger charge is 2.29. The summed E-state index contributed by atoms with van der Waals surface area (Å²) in [6.45, 7) is 1.66. The van der Waals surface area contributed by atoms with Crippen molar-refractivity contribution in [1.29, 1.82) is 0 Å². The molecule has 1 N–H and O–H groups in total. The minimum Gasteiger partial charge on any atom is -0.481 e. The Labute approximate surface area is 87.5 Å². The number of rotatable bonds is 4. The van der Waals surface area contributed by atoms with Crippen molar-refractivity contribution in [2.24, 2.45) is 0 Å². The maximum atomic E-state index is 12.7. The number of benzene rings is 1. The summed E-state index contributed by atoms with van der Waals surface area (Å²) in [4.78, 5) is 10.7. The first kappa shape index (κ1) is 11.7. The normalized spacial score (nSPS) is 14.6. The van der Waals surface area contributed by atoms with E-state index >= 15 is 0 Å². The van der Waals surface area contributed by atoms with E-state index in [4.69, 9.17) is 9.84 Å². The molecule has 0 aliphatic rings. The SMILES string of the molecule is COC(C)(CC(=O)O)c1ccc(F)cc1. The fourth-order valence-corrected chi connectivity index (χ4v) is 1.38. The predicted molar refractivity (Wildman–Crippen MR) is 53.0 cm³/mol. The lowest BCUT2D eigenvalue weighted by Gasteiger charge is -2.26. The number of methoxy groups -OCH3 is 1. The first-order chi connectivity index (χ1) is 6.98. The van der Waals surface area contributed by atoms with Gasteiger partial charge in [0.1, 0.15) is 11.4 Å². The monoisotopic (exact) mass is 212 g/mol. The number of carboxylic acid groups (broad SMARTS) is 1. The van der Waals surface area contributed by atoms with Crippen LogP contribution in [0.15, 0.2) is 24.3 Å². The lowest BCUT2D eigenvalue weighted by molar-refractivity contribution is -0.143. The van der Waals surface area contributed by atoms with E-state index in [0.717, 1.165) is 0 Å². The van der Waals surface area contributed by atoms with E-state index in [1.165, 1.54) is 31.4 Å². The third-order valence-corrected chi connectivity index (χ3v) is 2.39. The molecule has 0 saturated carbocycles. The highest BCUT2D eigenvalue weighted by Crippen LogP contribution is 2.28. The smallest absolute Gasteiger partial charge is 0.306 e. The maximum Gasteiger partial charge on any atom is 0.306 e. The third-order valence-electron chi connectivity index (χ3n) is 2.39. The Balaban J connectivity index is 3.00. The number of carboxylic acids is 1. The van der Waals surface area contributed by atoms with Crippen molar-refractivity contribution < 1.29 is 19.0 Å². The Morgan fingerprint density at radius 1 is 1.47 bits per heavy atom. The molecule has 0 aromatic heterocycles. The van der Waals surface area contributed by atoms with Crippen molar-refractivity contribution in [1.82, 2.24) is 0 Å². The maximum absolute atomic E-state index is 12.7. The number of hydrogen-bond acceptors (Lipinski definition) is 2. The summed E-state index contributed by atoms with van der Waals surface area (Å²) < 4.78 is 17.9. The van der Waals surface area contributed by atoms with Crippen LogP contribution in [-0.2, 0) is 15.1 Å². The standard InChI is InChI=1S/C11H13FO3/c1-11(15-2,7-10(13)14)8-3-5-9(12)6-4-8/h3-6H,7H2,1-2H3,(H,13,14). The first-order valence-electron chi connectivity index (χ1n) is 4.51. The molecule has 1 atom stereocenters. The fraction of sp³-hybridized carbons (Fsp3) is 0.364. The van der Waals surface area contributed by atoms with Gasteiger partial charge in [-0.25, -0.2) is 4.39 Å². The van der Waals surface area contributed by atoms with E-state index in [2.05, 4.69) is 0 Å². The van der Waals surface area contributed by atoms with Crippen LogP contribution >= 0.6 is 0 Å². The van der Waals surface area contributed by atoms with Gasteiger partial charge in [-0.2, -0.15) is 0 Å². The molecular weight excluding hydrogens is 199 g/mol. The van der Waals surface area contributed by atoms with Crippen LogP contribution in [0.1, 0.15) is 18.9 Å². The summed E-state index contributed by atoms with van der Waals surface area (Å²) in [6.07, 6.45) is -0.158. The number of carbonyl (C=O) groups is 1. The zero-order chi connectivity index (χ0) is 11.5. The summed E-state index contributed by atoms with van der Waals surface area (Å²) in [5.74, 6) is -1.31. The summed E-state index contributed by atoms with van der Waals surface area (Å²) in [6, 6.07) is 5.63. The van der Waals surface area contributed by atoms with E-state index < -0.39 is 11.6 Å². The van der Waals surface area contributed by atoms with Crippen molar-refractivity contribution in [3.05, 3.63) is 35.6 Å². The van der Waals surface area contributed by atoms with Crippen molar-refractivity contribution in [3.8, 4) is 0 Å². The van der Waals surface area contributed by atoms with Gasteiger partial charge in [-0.3, -0.25) is 4.79 Å². The minimum absolute atomic E-state index is 0.158. The summed E-state index contributed by atoms with van der Waals surface area (Å²) in [5.41, 5.74) is -0.270. The van der Waals surface area contributed by atoms with Gasteiger partial charge in [0.25, 0.3) is 0 Å². The van der Waals surface area contributed by atoms with Crippen LogP contribution < -0.4 is 0 Å². The number of halogens is 1. The van der Waals surface area contributed by atoms with Crippen LogP contribution in [0.3, 0.4) is 0 Å². The molecule has 0 amide bonds. The zero-order valence-electron chi connectivity index (χ0n) is 8.66. The molecule has 1 rings (SSSR count). The summed E-state index contributed by atoms with van der Waals surface area (Å²) >= 11 is 0. The molecule has 1 aromatic rings. The van der Waals surface area contributed by atoms with Gasteiger partial charge in [0, 0.05) is 7.11 Å². The molecular formula is C11H13FO3. The van der Waals surface area contributed by atoms with Crippen LogP contribution in [0.5, 0.6) is 0 Å². The van der Waals surface area contributed by atoms with Gasteiger partial charge in [0.05, 0.1) is 6.42 Å². The molecule has 0 spiro atoms. The second-order valence-corrected chi connectivity index (χ2v) is 3.51. The lowest BCUT2D eigenvalue weighted by Crippen LogP contribution is -2.27. The van der Waals surface area contributed by atoms with Gasteiger partial charge >= 0.3 is 5.97 Å². The Kier molecular flexibility index (Phi) is 3.42. The second kappa shape index (κ2) is 4.40. The van der Waals surface area contributed by atoms with Crippen molar-refractivity contribution in [2.45, 2.75) is 18.9 Å².